The molecule has 1 aromatic rings. The number of nitrogens with one attached hydrogen (secondary N) is 2. The third-order valence-corrected chi connectivity index (χ3v) is 4.32. The third-order valence-electron chi connectivity index (χ3n) is 3.39. The van der Waals surface area contributed by atoms with Crippen LogP contribution in [0.1, 0.15) is 11.6 Å². The van der Waals surface area contributed by atoms with Crippen LogP contribution < -0.4 is 15.5 Å². The van der Waals surface area contributed by atoms with E-state index in [0.717, 1.165) is 16.9 Å². The van der Waals surface area contributed by atoms with Crippen molar-refractivity contribution in [2.24, 2.45) is 0 Å². The lowest BCUT2D eigenvalue weighted by Gasteiger charge is -2.19. The number of benzene rings is 1. The fourth-order valence-corrected chi connectivity index (χ4v) is 2.81. The van der Waals surface area contributed by atoms with E-state index in [2.05, 4.69) is 10.6 Å². The summed E-state index contributed by atoms with van der Waals surface area (Å²) in [6.07, 6.45) is 1.22. The maximum atomic E-state index is 11.7. The van der Waals surface area contributed by atoms with Crippen LogP contribution in [-0.2, 0) is 14.6 Å². The lowest BCUT2D eigenvalue weighted by molar-refractivity contribution is -0.117. The van der Waals surface area contributed by atoms with Crippen LogP contribution in [0.4, 0.5) is 11.4 Å². The zero-order valence-electron chi connectivity index (χ0n) is 11.8. The Morgan fingerprint density at radius 3 is 2.70 bits per heavy atom. The monoisotopic (exact) mass is 297 g/mol. The molecule has 0 saturated heterocycles. The molecular formula is C13H19N3O3S. The summed E-state index contributed by atoms with van der Waals surface area (Å²) >= 11 is 0. The van der Waals surface area contributed by atoms with Crippen molar-refractivity contribution in [3.8, 4) is 0 Å². The fourth-order valence-electron chi connectivity index (χ4n) is 2.21. The van der Waals surface area contributed by atoms with E-state index in [-0.39, 0.29) is 17.7 Å². The highest BCUT2D eigenvalue weighted by atomic mass is 32.2. The van der Waals surface area contributed by atoms with Gasteiger partial charge in [0.25, 0.3) is 0 Å². The standard InChI is InChI=1S/C13H19N3O3S/c1-14-12-10-5-4-9(8-11(10)15-13(12)17)16(2)6-7-20(3,18)19/h4-5,8,12,14H,6-7H2,1-3H3,(H,15,17). The van der Waals surface area contributed by atoms with Crippen molar-refractivity contribution >= 4 is 27.1 Å². The molecule has 20 heavy (non-hydrogen) atoms. The predicted molar refractivity (Wildman–Crippen MR) is 79.9 cm³/mol. The Bertz CT molecular complexity index is 628. The molecule has 0 aliphatic carbocycles. The highest BCUT2D eigenvalue weighted by Gasteiger charge is 2.29. The minimum absolute atomic E-state index is 0.0709. The summed E-state index contributed by atoms with van der Waals surface area (Å²) in [5, 5.41) is 5.78. The summed E-state index contributed by atoms with van der Waals surface area (Å²) in [5.74, 6) is 0.0324. The first kappa shape index (κ1) is 14.8. The Morgan fingerprint density at radius 1 is 1.40 bits per heavy atom. The number of nitrogens with zero attached hydrogens (tertiary/aromatic N) is 1. The van der Waals surface area contributed by atoms with Gasteiger partial charge in [0.05, 0.1) is 5.75 Å². The van der Waals surface area contributed by atoms with Gasteiger partial charge in [-0.25, -0.2) is 8.42 Å². The number of sulfone groups is 1. The maximum Gasteiger partial charge on any atom is 0.246 e. The Morgan fingerprint density at radius 2 is 2.10 bits per heavy atom. The van der Waals surface area contributed by atoms with Crippen molar-refractivity contribution in [3.05, 3.63) is 23.8 Å². The summed E-state index contributed by atoms with van der Waals surface area (Å²) in [4.78, 5) is 13.6. The fraction of sp³-hybridized carbons (Fsp3) is 0.462. The number of carbonyl (C=O) groups is 1. The zero-order chi connectivity index (χ0) is 14.9. The van der Waals surface area contributed by atoms with Crippen molar-refractivity contribution in [2.75, 3.05) is 42.9 Å². The Kier molecular flexibility index (Phi) is 4.01. The normalized spacial score (nSPS) is 17.8. The van der Waals surface area contributed by atoms with Gasteiger partial charge in [-0.15, -0.1) is 0 Å². The van der Waals surface area contributed by atoms with Crippen LogP contribution in [0.25, 0.3) is 0 Å². The van der Waals surface area contributed by atoms with E-state index < -0.39 is 9.84 Å². The molecule has 2 N–H and O–H groups in total. The van der Waals surface area contributed by atoms with E-state index in [0.29, 0.717) is 6.54 Å². The first-order valence-electron chi connectivity index (χ1n) is 6.33. The smallest absolute Gasteiger partial charge is 0.246 e. The topological polar surface area (TPSA) is 78.5 Å². The molecule has 1 atom stereocenters. The number of carbonyl (C=O) groups excluding carboxylic acids is 1. The molecule has 7 heteroatoms. The van der Waals surface area contributed by atoms with Crippen LogP contribution in [-0.4, -0.2) is 47.0 Å². The van der Waals surface area contributed by atoms with Gasteiger partial charge in [-0.05, 0) is 19.2 Å². The predicted octanol–water partition coefficient (Wildman–Crippen LogP) is 0.380. The largest absolute Gasteiger partial charge is 0.374 e. The molecule has 2 rings (SSSR count). The van der Waals surface area contributed by atoms with Gasteiger partial charge < -0.3 is 15.5 Å². The molecule has 1 unspecified atom stereocenters. The van der Waals surface area contributed by atoms with Gasteiger partial charge in [-0.3, -0.25) is 4.79 Å². The number of rotatable bonds is 5. The third kappa shape index (κ3) is 3.10. The van der Waals surface area contributed by atoms with Crippen LogP contribution >= 0.6 is 0 Å². The molecular weight excluding hydrogens is 278 g/mol. The second-order valence-electron chi connectivity index (χ2n) is 5.03. The first-order valence-corrected chi connectivity index (χ1v) is 8.39. The Hall–Kier alpha value is -1.60. The van der Waals surface area contributed by atoms with E-state index in [1.165, 1.54) is 6.26 Å². The van der Waals surface area contributed by atoms with Gasteiger partial charge >= 0.3 is 0 Å². The molecule has 1 aliphatic rings. The van der Waals surface area contributed by atoms with Crippen molar-refractivity contribution in [1.29, 1.82) is 0 Å². The lowest BCUT2D eigenvalue weighted by atomic mass is 10.1. The summed E-state index contributed by atoms with van der Waals surface area (Å²) in [6, 6.07) is 5.33. The molecule has 0 bridgehead atoms. The van der Waals surface area contributed by atoms with Crippen molar-refractivity contribution in [2.45, 2.75) is 6.04 Å². The number of anilines is 2. The Labute approximate surface area is 119 Å². The zero-order valence-corrected chi connectivity index (χ0v) is 12.6. The summed E-state index contributed by atoms with van der Waals surface area (Å²) < 4.78 is 22.4. The van der Waals surface area contributed by atoms with Gasteiger partial charge in [0.1, 0.15) is 15.9 Å². The molecule has 0 spiro atoms. The molecule has 1 heterocycles. The van der Waals surface area contributed by atoms with Crippen molar-refractivity contribution in [1.82, 2.24) is 5.32 Å². The first-order chi connectivity index (χ1) is 9.31. The molecule has 1 aromatic carbocycles. The molecule has 0 fully saturated rings. The van der Waals surface area contributed by atoms with Gasteiger partial charge in [0.2, 0.25) is 5.91 Å². The molecule has 6 nitrogen and oxygen atoms in total. The number of amides is 1. The van der Waals surface area contributed by atoms with Crippen LogP contribution in [0.15, 0.2) is 18.2 Å². The summed E-state index contributed by atoms with van der Waals surface area (Å²) in [5.41, 5.74) is 2.57. The van der Waals surface area contributed by atoms with Crippen LogP contribution in [0.2, 0.25) is 0 Å². The van der Waals surface area contributed by atoms with E-state index in [1.807, 2.05) is 30.1 Å². The highest BCUT2D eigenvalue weighted by molar-refractivity contribution is 7.90. The minimum Gasteiger partial charge on any atom is -0.374 e. The van der Waals surface area contributed by atoms with E-state index in [1.54, 1.807) is 7.05 Å². The van der Waals surface area contributed by atoms with Crippen LogP contribution in [0.3, 0.4) is 0 Å². The van der Waals surface area contributed by atoms with E-state index in [4.69, 9.17) is 0 Å². The van der Waals surface area contributed by atoms with Gasteiger partial charge in [0.15, 0.2) is 0 Å². The average molecular weight is 297 g/mol. The molecule has 1 aliphatic heterocycles. The van der Waals surface area contributed by atoms with Gasteiger partial charge in [-0.1, -0.05) is 6.07 Å². The highest BCUT2D eigenvalue weighted by Crippen LogP contribution is 2.33. The van der Waals surface area contributed by atoms with Crippen LogP contribution in [0.5, 0.6) is 0 Å². The Balaban J connectivity index is 2.16. The maximum absolute atomic E-state index is 11.7. The molecule has 110 valence electrons. The molecule has 0 saturated carbocycles. The minimum atomic E-state index is -2.98. The lowest BCUT2D eigenvalue weighted by Crippen LogP contribution is -2.24. The van der Waals surface area contributed by atoms with E-state index >= 15 is 0 Å². The van der Waals surface area contributed by atoms with Crippen molar-refractivity contribution < 1.29 is 13.2 Å². The number of likely N-dealkylation sites (N-methyl/N-ethyl adjacent to an activating group) is 1. The quantitative estimate of drug-likeness (QED) is 0.821. The molecule has 0 aromatic heterocycles. The molecule has 1 amide bonds. The second kappa shape index (κ2) is 5.41. The summed E-state index contributed by atoms with van der Waals surface area (Å²) in [6.45, 7) is 0.418. The summed E-state index contributed by atoms with van der Waals surface area (Å²) in [7, 11) is 0.593. The van der Waals surface area contributed by atoms with Gasteiger partial charge in [-0.2, -0.15) is 0 Å². The number of hydrogen-bond acceptors (Lipinski definition) is 5. The number of hydrogen-bond donors (Lipinski definition) is 2. The average Bonchev–Trinajstić information content (AvgIpc) is 2.69. The van der Waals surface area contributed by atoms with E-state index in [9.17, 15) is 13.2 Å². The molecule has 0 radical (unpaired) electrons. The van der Waals surface area contributed by atoms with Crippen LogP contribution in [0, 0.1) is 0 Å². The second-order valence-corrected chi connectivity index (χ2v) is 7.29. The SMILES string of the molecule is CNC1C(=O)Nc2cc(N(C)CCS(C)(=O)=O)ccc21. The van der Waals surface area contributed by atoms with Gasteiger partial charge in [0, 0.05) is 36.8 Å². The van der Waals surface area contributed by atoms with Crippen molar-refractivity contribution in [3.63, 3.8) is 0 Å². The number of fused-ring (bicyclic) bond motifs is 1.